The first kappa shape index (κ1) is 18.1. The molecule has 0 saturated carbocycles. The van der Waals surface area contributed by atoms with Gasteiger partial charge in [-0.2, -0.15) is 5.10 Å². The third kappa shape index (κ3) is 3.50. The molecule has 2 heterocycles. The van der Waals surface area contributed by atoms with Crippen LogP contribution in [0.3, 0.4) is 0 Å². The van der Waals surface area contributed by atoms with Gasteiger partial charge in [-0.05, 0) is 19.9 Å². The largest absolute Gasteiger partial charge is 0.395 e. The van der Waals surface area contributed by atoms with Gasteiger partial charge < -0.3 is 20.5 Å². The Kier molecular flexibility index (Phi) is 5.02. The number of aliphatic hydroxyl groups excluding tert-OH is 1. The summed E-state index contributed by atoms with van der Waals surface area (Å²) in [6.45, 7) is 4.46. The van der Waals surface area contributed by atoms with Gasteiger partial charge in [-0.15, -0.1) is 0 Å². The number of aromatic nitrogens is 2. The number of fused-ring (bicyclic) bond motifs is 1. The second kappa shape index (κ2) is 6.92. The van der Waals surface area contributed by atoms with E-state index in [1.54, 1.807) is 4.68 Å². The number of nitrogens with one attached hydrogen (secondary N) is 2. The fourth-order valence-corrected chi connectivity index (χ4v) is 3.40. The first-order valence-electron chi connectivity index (χ1n) is 8.23. The van der Waals surface area contributed by atoms with Crippen LogP contribution in [-0.2, 0) is 22.1 Å². The Morgan fingerprint density at radius 1 is 1.56 bits per heavy atom. The van der Waals surface area contributed by atoms with Gasteiger partial charge in [0.1, 0.15) is 6.10 Å². The van der Waals surface area contributed by atoms with Gasteiger partial charge in [0.2, 0.25) is 0 Å². The number of para-hydroxylation sites is 1. The lowest BCUT2D eigenvalue weighted by Gasteiger charge is -2.32. The van der Waals surface area contributed by atoms with E-state index in [4.69, 9.17) is 21.4 Å². The number of benzene rings is 1. The highest BCUT2D eigenvalue weighted by molar-refractivity contribution is 6.35. The number of hydrogen-bond donors (Lipinski definition) is 3. The van der Waals surface area contributed by atoms with Gasteiger partial charge in [0, 0.05) is 19.0 Å². The number of ether oxygens (including phenoxy) is 1. The predicted molar refractivity (Wildman–Crippen MR) is 95.5 cm³/mol. The number of aryl methyl sites for hydroxylation is 1. The molecule has 3 rings (SSSR count). The maximum absolute atomic E-state index is 12.6. The van der Waals surface area contributed by atoms with Crippen molar-refractivity contribution in [2.75, 3.05) is 19.8 Å². The van der Waals surface area contributed by atoms with Crippen molar-refractivity contribution in [2.24, 2.45) is 7.05 Å². The molecule has 136 valence electrons. The molecule has 1 fully saturated rings. The smallest absolute Gasteiger partial charge is 0.251 e. The molecule has 25 heavy (non-hydrogen) atoms. The molecule has 1 amide bonds. The maximum Gasteiger partial charge on any atom is 0.251 e. The fraction of sp³-hybridized carbons (Fsp3) is 0.529. The molecule has 0 bridgehead atoms. The van der Waals surface area contributed by atoms with Crippen LogP contribution in [0.2, 0.25) is 5.02 Å². The molecule has 8 heteroatoms. The lowest BCUT2D eigenvalue weighted by molar-refractivity contribution is -0.137. The topological polar surface area (TPSA) is 88.4 Å². The molecule has 0 spiro atoms. The molecular weight excluding hydrogens is 344 g/mol. The standard InChI is InChI=1S/C17H23ClN4O3/c1-17(2,20-16(24)13-7-19-10(8-23)9-25-13)15-11-5-4-6-12(18)14(11)22(3)21-15/h4-6,10,13,19,23H,7-9H2,1-3H3,(H,20,24)/t10-,13+/m1/s1. The minimum absolute atomic E-state index is 0.0134. The summed E-state index contributed by atoms with van der Waals surface area (Å²) in [5.41, 5.74) is 0.888. The minimum atomic E-state index is -0.696. The molecular formula is C17H23ClN4O3. The van der Waals surface area contributed by atoms with Gasteiger partial charge in [-0.25, -0.2) is 0 Å². The summed E-state index contributed by atoms with van der Waals surface area (Å²) >= 11 is 6.28. The van der Waals surface area contributed by atoms with Crippen molar-refractivity contribution in [1.29, 1.82) is 0 Å². The minimum Gasteiger partial charge on any atom is -0.395 e. The first-order valence-corrected chi connectivity index (χ1v) is 8.61. The summed E-state index contributed by atoms with van der Waals surface area (Å²) in [5.74, 6) is -0.213. The number of nitrogens with zero attached hydrogens (tertiary/aromatic N) is 2. The van der Waals surface area contributed by atoms with Crippen molar-refractivity contribution in [2.45, 2.75) is 31.5 Å². The molecule has 1 aromatic carbocycles. The number of halogens is 1. The van der Waals surface area contributed by atoms with Crippen LogP contribution in [0.5, 0.6) is 0 Å². The predicted octanol–water partition coefficient (Wildman–Crippen LogP) is 0.927. The molecule has 1 aliphatic rings. The van der Waals surface area contributed by atoms with Crippen molar-refractivity contribution >= 4 is 28.4 Å². The van der Waals surface area contributed by atoms with Crippen molar-refractivity contribution < 1.29 is 14.6 Å². The van der Waals surface area contributed by atoms with E-state index in [1.165, 1.54) is 0 Å². The average Bonchev–Trinajstić information content (AvgIpc) is 2.94. The van der Waals surface area contributed by atoms with Crippen molar-refractivity contribution in [3.63, 3.8) is 0 Å². The van der Waals surface area contributed by atoms with Crippen LogP contribution in [0.4, 0.5) is 0 Å². The number of hydrogen-bond acceptors (Lipinski definition) is 5. The Morgan fingerprint density at radius 2 is 2.32 bits per heavy atom. The van der Waals surface area contributed by atoms with E-state index in [0.29, 0.717) is 18.2 Å². The van der Waals surface area contributed by atoms with Crippen molar-refractivity contribution in [3.05, 3.63) is 28.9 Å². The summed E-state index contributed by atoms with van der Waals surface area (Å²) in [6.07, 6.45) is -0.597. The third-order valence-corrected chi connectivity index (χ3v) is 4.75. The Balaban J connectivity index is 1.80. The zero-order valence-electron chi connectivity index (χ0n) is 14.5. The van der Waals surface area contributed by atoms with Crippen molar-refractivity contribution in [3.8, 4) is 0 Å². The summed E-state index contributed by atoms with van der Waals surface area (Å²) in [7, 11) is 1.83. The van der Waals surface area contributed by atoms with Gasteiger partial charge in [-0.1, -0.05) is 23.7 Å². The Hall–Kier alpha value is -1.67. The molecule has 3 N–H and O–H groups in total. The van der Waals surface area contributed by atoms with Crippen molar-refractivity contribution in [1.82, 2.24) is 20.4 Å². The van der Waals surface area contributed by atoms with E-state index < -0.39 is 11.6 Å². The summed E-state index contributed by atoms with van der Waals surface area (Å²) < 4.78 is 7.28. The number of amides is 1. The first-order chi connectivity index (χ1) is 11.8. The maximum atomic E-state index is 12.6. The van der Waals surface area contributed by atoms with Crippen LogP contribution in [0.1, 0.15) is 19.5 Å². The molecule has 0 radical (unpaired) electrons. The molecule has 7 nitrogen and oxygen atoms in total. The van der Waals surface area contributed by atoms with Gasteiger partial charge in [0.25, 0.3) is 5.91 Å². The SMILES string of the molecule is Cn1nc(C(C)(C)NC(=O)[C@@H]2CN[C@H](CO)CO2)c2cccc(Cl)c21. The molecule has 1 aliphatic heterocycles. The number of carbonyl (C=O) groups is 1. The number of morpholine rings is 1. The lowest BCUT2D eigenvalue weighted by Crippen LogP contribution is -2.56. The zero-order valence-corrected chi connectivity index (χ0v) is 15.3. The Morgan fingerprint density at radius 3 is 2.96 bits per heavy atom. The number of rotatable bonds is 4. The number of carbonyl (C=O) groups excluding carboxylic acids is 1. The van der Waals surface area contributed by atoms with Crippen LogP contribution in [0.25, 0.3) is 10.9 Å². The summed E-state index contributed by atoms with van der Waals surface area (Å²) in [4.78, 5) is 12.6. The van der Waals surface area contributed by atoms with Gasteiger partial charge in [-0.3, -0.25) is 9.48 Å². The zero-order chi connectivity index (χ0) is 18.2. The highest BCUT2D eigenvalue weighted by atomic mass is 35.5. The molecule has 2 atom stereocenters. The quantitative estimate of drug-likeness (QED) is 0.749. The van der Waals surface area contributed by atoms with E-state index in [-0.39, 0.29) is 18.6 Å². The monoisotopic (exact) mass is 366 g/mol. The van der Waals surface area contributed by atoms with Gasteiger partial charge in [0.05, 0.1) is 41.0 Å². The van der Waals surface area contributed by atoms with E-state index in [2.05, 4.69) is 15.7 Å². The average molecular weight is 367 g/mol. The van der Waals surface area contributed by atoms with Crippen LogP contribution in [0.15, 0.2) is 18.2 Å². The molecule has 1 saturated heterocycles. The normalized spacial score (nSPS) is 21.5. The van der Waals surface area contributed by atoms with Gasteiger partial charge >= 0.3 is 0 Å². The lowest BCUT2D eigenvalue weighted by atomic mass is 9.96. The van der Waals surface area contributed by atoms with E-state index >= 15 is 0 Å². The second-order valence-electron chi connectivity index (χ2n) is 6.83. The van der Waals surface area contributed by atoms with Crippen LogP contribution >= 0.6 is 11.6 Å². The van der Waals surface area contributed by atoms with E-state index in [9.17, 15) is 4.79 Å². The highest BCUT2D eigenvalue weighted by Gasteiger charge is 2.33. The number of aliphatic hydroxyl groups is 1. The molecule has 0 unspecified atom stereocenters. The van der Waals surface area contributed by atoms with E-state index in [1.807, 2.05) is 39.1 Å². The van der Waals surface area contributed by atoms with E-state index in [0.717, 1.165) is 16.6 Å². The molecule has 2 aromatic rings. The molecule has 1 aromatic heterocycles. The summed E-state index contributed by atoms with van der Waals surface area (Å²) in [6, 6.07) is 5.51. The Bertz CT molecular complexity index is 782. The fourth-order valence-electron chi connectivity index (χ4n) is 3.11. The van der Waals surface area contributed by atoms with Crippen LogP contribution in [-0.4, -0.2) is 52.7 Å². The van der Waals surface area contributed by atoms with Crippen LogP contribution < -0.4 is 10.6 Å². The highest BCUT2D eigenvalue weighted by Crippen LogP contribution is 2.31. The van der Waals surface area contributed by atoms with Gasteiger partial charge in [0.15, 0.2) is 0 Å². The third-order valence-electron chi connectivity index (χ3n) is 4.45. The Labute approximate surface area is 151 Å². The summed E-state index contributed by atoms with van der Waals surface area (Å²) in [5, 5.41) is 21.3. The second-order valence-corrected chi connectivity index (χ2v) is 7.24. The van der Waals surface area contributed by atoms with Crippen LogP contribution in [0, 0.1) is 0 Å². The molecule has 0 aliphatic carbocycles.